The van der Waals surface area contributed by atoms with Crippen molar-refractivity contribution < 1.29 is 18.5 Å². The zero-order valence-corrected chi connectivity index (χ0v) is 13.1. The normalized spacial score (nSPS) is 10.9. The number of halogens is 1. The van der Waals surface area contributed by atoms with E-state index < -0.39 is 11.6 Å². The first kappa shape index (κ1) is 15.3. The van der Waals surface area contributed by atoms with Crippen LogP contribution in [0.15, 0.2) is 38.0 Å². The molecule has 1 aromatic carbocycles. The van der Waals surface area contributed by atoms with Crippen LogP contribution in [0.2, 0.25) is 5.02 Å². The number of aryl methyl sites for hydroxylation is 2. The summed E-state index contributed by atoms with van der Waals surface area (Å²) in [5, 5.41) is 4.76. The number of esters is 1. The Kier molecular flexibility index (Phi) is 3.92. The minimum absolute atomic E-state index is 0.00338. The molecule has 0 spiro atoms. The number of fused-ring (bicyclic) bond motifs is 1. The second-order valence-corrected chi connectivity index (χ2v) is 5.50. The van der Waals surface area contributed by atoms with E-state index in [1.165, 1.54) is 12.1 Å². The van der Waals surface area contributed by atoms with Crippen LogP contribution >= 0.6 is 11.6 Å². The molecule has 3 aromatic rings. The van der Waals surface area contributed by atoms with Crippen molar-refractivity contribution in [2.75, 3.05) is 0 Å². The van der Waals surface area contributed by atoms with Crippen molar-refractivity contribution in [3.05, 3.63) is 62.3 Å². The molecular weight excluding hydrogens is 322 g/mol. The van der Waals surface area contributed by atoms with Crippen LogP contribution in [0.1, 0.15) is 27.4 Å². The lowest BCUT2D eigenvalue weighted by molar-refractivity contribution is 0.0427. The van der Waals surface area contributed by atoms with E-state index in [1.807, 2.05) is 0 Å². The molecule has 0 aliphatic carbocycles. The lowest BCUT2D eigenvalue weighted by Gasteiger charge is -2.07. The quantitative estimate of drug-likeness (QED) is 0.539. The van der Waals surface area contributed by atoms with Gasteiger partial charge in [-0.2, -0.15) is 0 Å². The number of carbonyl (C=O) groups excluding carboxylic acids is 1. The summed E-state index contributed by atoms with van der Waals surface area (Å²) in [5.41, 5.74) is 1.73. The monoisotopic (exact) mass is 333 g/mol. The van der Waals surface area contributed by atoms with Crippen LogP contribution in [0, 0.1) is 13.8 Å². The summed E-state index contributed by atoms with van der Waals surface area (Å²) in [6, 6.07) is 6.09. The lowest BCUT2D eigenvalue weighted by Crippen LogP contribution is -2.07. The summed E-state index contributed by atoms with van der Waals surface area (Å²) in [6.07, 6.45) is 0. The molecule has 3 rings (SSSR count). The highest BCUT2D eigenvalue weighted by Gasteiger charge is 2.15. The van der Waals surface area contributed by atoms with Crippen LogP contribution in [0.25, 0.3) is 11.0 Å². The van der Waals surface area contributed by atoms with Crippen molar-refractivity contribution in [1.29, 1.82) is 0 Å². The zero-order chi connectivity index (χ0) is 16.6. The molecule has 7 heteroatoms. The number of carbonyl (C=O) groups is 1. The first-order chi connectivity index (χ1) is 10.9. The Balaban J connectivity index is 1.92. The lowest BCUT2D eigenvalue weighted by atomic mass is 10.1. The number of benzene rings is 1. The molecule has 0 atom stereocenters. The van der Waals surface area contributed by atoms with Gasteiger partial charge in [-0.05, 0) is 31.5 Å². The Morgan fingerprint density at radius 3 is 2.74 bits per heavy atom. The van der Waals surface area contributed by atoms with Gasteiger partial charge < -0.3 is 13.7 Å². The van der Waals surface area contributed by atoms with Crippen LogP contribution < -0.4 is 5.63 Å². The summed E-state index contributed by atoms with van der Waals surface area (Å²) >= 11 is 6.11. The molecule has 118 valence electrons. The van der Waals surface area contributed by atoms with Crippen molar-refractivity contribution in [2.24, 2.45) is 0 Å². The second kappa shape index (κ2) is 5.89. The summed E-state index contributed by atoms with van der Waals surface area (Å²) in [4.78, 5) is 23.5. The molecule has 0 fully saturated rings. The molecule has 0 N–H and O–H groups in total. The number of aromatic nitrogens is 1. The molecule has 23 heavy (non-hydrogen) atoms. The van der Waals surface area contributed by atoms with E-state index in [0.717, 1.165) is 5.56 Å². The van der Waals surface area contributed by atoms with Crippen molar-refractivity contribution in [1.82, 2.24) is 5.16 Å². The second-order valence-electron chi connectivity index (χ2n) is 5.10. The Morgan fingerprint density at radius 2 is 2.04 bits per heavy atom. The van der Waals surface area contributed by atoms with Crippen LogP contribution in [0.5, 0.6) is 0 Å². The van der Waals surface area contributed by atoms with Gasteiger partial charge in [0.05, 0.1) is 5.69 Å². The molecule has 0 saturated heterocycles. The van der Waals surface area contributed by atoms with Crippen molar-refractivity contribution in [2.45, 2.75) is 20.5 Å². The van der Waals surface area contributed by atoms with Gasteiger partial charge in [0, 0.05) is 28.1 Å². The maximum absolute atomic E-state index is 11.9. The summed E-state index contributed by atoms with van der Waals surface area (Å²) in [6.45, 7) is 3.39. The Labute approximate surface area is 135 Å². The zero-order valence-electron chi connectivity index (χ0n) is 12.4. The van der Waals surface area contributed by atoms with Gasteiger partial charge in [-0.15, -0.1) is 0 Å². The average molecular weight is 334 g/mol. The minimum Gasteiger partial charge on any atom is -0.455 e. The topological polar surface area (TPSA) is 82.5 Å². The summed E-state index contributed by atoms with van der Waals surface area (Å²) in [7, 11) is 0. The fourth-order valence-corrected chi connectivity index (χ4v) is 2.31. The minimum atomic E-state index is -0.662. The van der Waals surface area contributed by atoms with Gasteiger partial charge in [-0.1, -0.05) is 16.8 Å². The largest absolute Gasteiger partial charge is 0.455 e. The van der Waals surface area contributed by atoms with E-state index in [1.54, 1.807) is 26.0 Å². The number of ether oxygens (including phenoxy) is 1. The third kappa shape index (κ3) is 3.12. The number of hydrogen-bond donors (Lipinski definition) is 0. The van der Waals surface area contributed by atoms with Crippen LogP contribution in [-0.2, 0) is 11.3 Å². The third-order valence-electron chi connectivity index (χ3n) is 3.30. The number of hydrogen-bond acceptors (Lipinski definition) is 6. The molecule has 0 amide bonds. The molecule has 0 aliphatic rings. The highest BCUT2D eigenvalue weighted by atomic mass is 35.5. The summed E-state index contributed by atoms with van der Waals surface area (Å²) in [5.74, 6) is -0.658. The van der Waals surface area contributed by atoms with Crippen molar-refractivity contribution in [3.63, 3.8) is 0 Å². The molecular formula is C16H12ClNO5. The van der Waals surface area contributed by atoms with Gasteiger partial charge in [0.15, 0.2) is 0 Å². The van der Waals surface area contributed by atoms with E-state index >= 15 is 0 Å². The molecule has 0 saturated carbocycles. The molecule has 0 radical (unpaired) electrons. The predicted molar refractivity (Wildman–Crippen MR) is 82.6 cm³/mol. The maximum atomic E-state index is 11.9. The summed E-state index contributed by atoms with van der Waals surface area (Å²) < 4.78 is 15.1. The van der Waals surface area contributed by atoms with Crippen LogP contribution in [0.4, 0.5) is 0 Å². The smallest absolute Gasteiger partial charge is 0.377 e. The molecule has 0 bridgehead atoms. The van der Waals surface area contributed by atoms with Gasteiger partial charge in [0.25, 0.3) is 0 Å². The Morgan fingerprint density at radius 1 is 1.26 bits per heavy atom. The first-order valence-corrected chi connectivity index (χ1v) is 7.15. The van der Waals surface area contributed by atoms with Crippen LogP contribution in [-0.4, -0.2) is 11.1 Å². The van der Waals surface area contributed by atoms with E-state index in [0.29, 0.717) is 27.2 Å². The Hall–Kier alpha value is -2.60. The highest BCUT2D eigenvalue weighted by molar-refractivity contribution is 6.32. The first-order valence-electron chi connectivity index (χ1n) is 6.77. The molecule has 0 unspecified atom stereocenters. The maximum Gasteiger partial charge on any atom is 0.377 e. The van der Waals surface area contributed by atoms with Gasteiger partial charge >= 0.3 is 11.6 Å². The van der Waals surface area contributed by atoms with E-state index in [9.17, 15) is 9.59 Å². The van der Waals surface area contributed by atoms with E-state index in [4.69, 9.17) is 25.3 Å². The highest BCUT2D eigenvalue weighted by Crippen LogP contribution is 2.25. The van der Waals surface area contributed by atoms with E-state index in [2.05, 4.69) is 5.16 Å². The van der Waals surface area contributed by atoms with E-state index in [-0.39, 0.29) is 12.4 Å². The Bertz CT molecular complexity index is 957. The molecule has 6 nitrogen and oxygen atoms in total. The van der Waals surface area contributed by atoms with Gasteiger partial charge in [-0.3, -0.25) is 0 Å². The standard InChI is InChI=1S/C16H12ClNO5/c1-8-3-13-11(6-12(8)17)10(5-15(19)22-13)7-21-16(20)14-4-9(2)18-23-14/h3-6H,7H2,1-2H3. The van der Waals surface area contributed by atoms with Crippen molar-refractivity contribution in [3.8, 4) is 0 Å². The fraction of sp³-hybridized carbons (Fsp3) is 0.188. The van der Waals surface area contributed by atoms with Gasteiger partial charge in [-0.25, -0.2) is 9.59 Å². The van der Waals surface area contributed by atoms with Crippen molar-refractivity contribution >= 4 is 28.5 Å². The fourth-order valence-electron chi connectivity index (χ4n) is 2.14. The third-order valence-corrected chi connectivity index (χ3v) is 3.70. The molecule has 2 heterocycles. The SMILES string of the molecule is Cc1cc(C(=O)OCc2cc(=O)oc3cc(C)c(Cl)cc23)on1. The average Bonchev–Trinajstić information content (AvgIpc) is 2.93. The predicted octanol–water partition coefficient (Wildman–Crippen LogP) is 3.41. The van der Waals surface area contributed by atoms with Crippen LogP contribution in [0.3, 0.4) is 0 Å². The van der Waals surface area contributed by atoms with Gasteiger partial charge in [0.1, 0.15) is 12.2 Å². The number of rotatable bonds is 3. The van der Waals surface area contributed by atoms with Gasteiger partial charge in [0.2, 0.25) is 5.76 Å². The molecule has 0 aliphatic heterocycles. The molecule has 2 aromatic heterocycles. The number of nitrogens with zero attached hydrogens (tertiary/aromatic N) is 1.